The Balaban J connectivity index is 1.45. The molecule has 0 N–H and O–H groups in total. The number of hydrogen-bond acceptors (Lipinski definition) is 3. The molecule has 1 aromatic rings. The molecule has 1 heterocycles. The third kappa shape index (κ3) is 2.92. The van der Waals surface area contributed by atoms with Gasteiger partial charge in [-0.05, 0) is 84.3 Å². The molecule has 4 aliphatic carbocycles. The molecule has 0 spiro atoms. The largest absolute Gasteiger partial charge is 0.462 e. The Morgan fingerprint density at radius 3 is 2.83 bits per heavy atom. The Labute approximate surface area is 180 Å². The lowest BCUT2D eigenvalue weighted by atomic mass is 9.47. The van der Waals surface area contributed by atoms with Gasteiger partial charge in [-0.2, -0.15) is 0 Å². The van der Waals surface area contributed by atoms with Crippen molar-refractivity contribution >= 4 is 11.5 Å². The second-order valence-corrected chi connectivity index (χ2v) is 10.0. The predicted octanol–water partition coefficient (Wildman–Crippen LogP) is 5.97. The molecule has 0 aliphatic heterocycles. The maximum absolute atomic E-state index is 11.5. The number of nitrogens with zero attached hydrogens (tertiary/aromatic N) is 1. The summed E-state index contributed by atoms with van der Waals surface area (Å²) in [6.45, 7) is 6.19. The molecule has 154 valence electrons. The van der Waals surface area contributed by atoms with Crippen LogP contribution in [0.1, 0.15) is 76.8 Å². The van der Waals surface area contributed by atoms with Crippen LogP contribution in [0.25, 0.3) is 5.57 Å². The topological polar surface area (TPSA) is 39.2 Å². The molecule has 0 saturated heterocycles. The number of pyridine rings is 1. The fourth-order valence-corrected chi connectivity index (χ4v) is 7.28. The lowest BCUT2D eigenvalue weighted by molar-refractivity contribution is -0.148. The van der Waals surface area contributed by atoms with Gasteiger partial charge in [0.25, 0.3) is 0 Å². The molecule has 3 unspecified atom stereocenters. The van der Waals surface area contributed by atoms with Gasteiger partial charge in [0, 0.05) is 25.7 Å². The highest BCUT2D eigenvalue weighted by molar-refractivity contribution is 5.72. The van der Waals surface area contributed by atoms with Crippen molar-refractivity contribution in [3.63, 3.8) is 0 Å². The van der Waals surface area contributed by atoms with E-state index in [-0.39, 0.29) is 47.3 Å². The highest BCUT2D eigenvalue weighted by Gasteiger charge is 2.56. The fourth-order valence-electron chi connectivity index (χ4n) is 7.28. The zero-order chi connectivity index (χ0) is 23.7. The Kier molecular flexibility index (Phi) is 3.52. The standard InChI is InChI=1S/C26H33NO2/c1-17(28)29-20-10-12-25(2)19(15-20)6-7-21-23-9-8-22(18-5-4-14-27-16-18)26(23,3)13-11-24(21)25/h4-6,8,14,16,20-21,23-24H,7,9-13,15H2,1-3H3/t20-,21?,23?,24?,25-,26+/m0/s1/i4D,5D,14D,16D. The summed E-state index contributed by atoms with van der Waals surface area (Å²) in [5.41, 5.74) is 2.93. The van der Waals surface area contributed by atoms with E-state index in [0.29, 0.717) is 23.3 Å². The van der Waals surface area contributed by atoms with E-state index in [0.717, 1.165) is 50.5 Å². The van der Waals surface area contributed by atoms with Gasteiger partial charge in [0.1, 0.15) is 6.10 Å². The minimum atomic E-state index is -0.292. The van der Waals surface area contributed by atoms with Crippen molar-refractivity contribution in [1.29, 1.82) is 0 Å². The molecule has 3 nitrogen and oxygen atoms in total. The molecule has 6 atom stereocenters. The van der Waals surface area contributed by atoms with E-state index in [1.165, 1.54) is 12.5 Å². The number of esters is 1. The number of carbonyl (C=O) groups is 1. The first kappa shape index (κ1) is 15.0. The Bertz CT molecular complexity index is 1080. The van der Waals surface area contributed by atoms with Crippen LogP contribution in [0.3, 0.4) is 0 Å². The van der Waals surface area contributed by atoms with Gasteiger partial charge in [-0.3, -0.25) is 9.78 Å². The minimum Gasteiger partial charge on any atom is -0.462 e. The van der Waals surface area contributed by atoms with Crippen molar-refractivity contribution in [2.45, 2.75) is 71.8 Å². The Morgan fingerprint density at radius 1 is 1.17 bits per heavy atom. The van der Waals surface area contributed by atoms with Crippen LogP contribution >= 0.6 is 0 Å². The normalized spacial score (nSPS) is 42.7. The summed E-state index contributed by atoms with van der Waals surface area (Å²) in [6, 6.07) is -0.221. The van der Waals surface area contributed by atoms with E-state index < -0.39 is 0 Å². The monoisotopic (exact) mass is 395 g/mol. The number of carbonyl (C=O) groups excluding carboxylic acids is 1. The first-order chi connectivity index (χ1) is 15.6. The van der Waals surface area contributed by atoms with Crippen molar-refractivity contribution in [2.24, 2.45) is 28.6 Å². The molecule has 0 aromatic carbocycles. The van der Waals surface area contributed by atoms with Crippen LogP contribution in [0.2, 0.25) is 0 Å². The first-order valence-electron chi connectivity index (χ1n) is 13.1. The van der Waals surface area contributed by atoms with Crippen LogP contribution in [-0.4, -0.2) is 17.1 Å². The summed E-state index contributed by atoms with van der Waals surface area (Å²) < 4.78 is 38.3. The molecule has 2 saturated carbocycles. The summed E-state index contributed by atoms with van der Waals surface area (Å²) in [6.07, 6.45) is 11.2. The molecule has 0 radical (unpaired) electrons. The van der Waals surface area contributed by atoms with Gasteiger partial charge < -0.3 is 4.74 Å². The summed E-state index contributed by atoms with van der Waals surface area (Å²) in [7, 11) is 0. The van der Waals surface area contributed by atoms with Crippen molar-refractivity contribution in [1.82, 2.24) is 4.98 Å². The van der Waals surface area contributed by atoms with E-state index in [4.69, 9.17) is 10.2 Å². The molecular formula is C26H33NO2. The van der Waals surface area contributed by atoms with Gasteiger partial charge in [0.15, 0.2) is 0 Å². The predicted molar refractivity (Wildman–Crippen MR) is 115 cm³/mol. The Hall–Kier alpha value is -1.90. The van der Waals surface area contributed by atoms with Crippen LogP contribution < -0.4 is 0 Å². The van der Waals surface area contributed by atoms with Gasteiger partial charge in [-0.15, -0.1) is 0 Å². The molecule has 0 bridgehead atoms. The summed E-state index contributed by atoms with van der Waals surface area (Å²) in [5, 5.41) is 0. The average molecular weight is 396 g/mol. The molecule has 1 aromatic heterocycles. The lowest BCUT2D eigenvalue weighted by Crippen LogP contribution is -2.50. The highest BCUT2D eigenvalue weighted by Crippen LogP contribution is 2.66. The van der Waals surface area contributed by atoms with Crippen LogP contribution in [0.15, 0.2) is 42.2 Å². The summed E-state index contributed by atoms with van der Waals surface area (Å²) >= 11 is 0. The maximum Gasteiger partial charge on any atom is 0.302 e. The van der Waals surface area contributed by atoms with E-state index in [2.05, 4.69) is 31.0 Å². The van der Waals surface area contributed by atoms with E-state index in [9.17, 15) is 4.79 Å². The Morgan fingerprint density at radius 2 is 2.00 bits per heavy atom. The number of allylic oxidation sites excluding steroid dienone is 3. The van der Waals surface area contributed by atoms with Gasteiger partial charge in [-0.1, -0.05) is 37.6 Å². The maximum atomic E-state index is 11.5. The van der Waals surface area contributed by atoms with Gasteiger partial charge in [0.05, 0.1) is 5.48 Å². The zero-order valence-electron chi connectivity index (χ0n) is 21.7. The molecule has 5 rings (SSSR count). The molecule has 4 aliphatic rings. The van der Waals surface area contributed by atoms with E-state index in [1.807, 2.05) is 0 Å². The van der Waals surface area contributed by atoms with Gasteiger partial charge >= 0.3 is 5.97 Å². The van der Waals surface area contributed by atoms with Gasteiger partial charge in [0.2, 0.25) is 0 Å². The van der Waals surface area contributed by atoms with Crippen molar-refractivity contribution < 1.29 is 15.0 Å². The van der Waals surface area contributed by atoms with E-state index in [1.54, 1.807) is 0 Å². The molecule has 0 amide bonds. The van der Waals surface area contributed by atoms with Crippen LogP contribution in [0.4, 0.5) is 0 Å². The third-order valence-corrected chi connectivity index (χ3v) is 8.71. The second-order valence-electron chi connectivity index (χ2n) is 10.0. The second kappa shape index (κ2) is 6.82. The first-order valence-corrected chi connectivity index (χ1v) is 11.1. The van der Waals surface area contributed by atoms with Crippen molar-refractivity contribution in [3.8, 4) is 0 Å². The third-order valence-electron chi connectivity index (χ3n) is 8.71. The molecule has 2 fully saturated rings. The lowest BCUT2D eigenvalue weighted by Gasteiger charge is -2.57. The van der Waals surface area contributed by atoms with Crippen LogP contribution in [0, 0.1) is 28.6 Å². The SMILES string of the molecule is [2H]c1nc([2H])c(C2=CCC3C4CC=C5C[C@@H](OC(C)=O)CC[C@]5(C)C4CC[C@]23C)c([2H])c1[2H]. The number of aromatic nitrogens is 1. The molecular weight excluding hydrogens is 358 g/mol. The van der Waals surface area contributed by atoms with Crippen molar-refractivity contribution in [3.05, 3.63) is 47.7 Å². The van der Waals surface area contributed by atoms with Crippen LogP contribution in [0.5, 0.6) is 0 Å². The minimum absolute atomic E-state index is 0.00417. The average Bonchev–Trinajstić information content (AvgIpc) is 3.09. The summed E-state index contributed by atoms with van der Waals surface area (Å²) in [5.74, 6) is 1.38. The fraction of sp³-hybridized carbons (Fsp3) is 0.615. The summed E-state index contributed by atoms with van der Waals surface area (Å²) in [4.78, 5) is 15.4. The number of fused-ring (bicyclic) bond motifs is 5. The zero-order valence-corrected chi connectivity index (χ0v) is 17.7. The number of ether oxygens (including phenoxy) is 1. The van der Waals surface area contributed by atoms with Crippen LogP contribution in [-0.2, 0) is 9.53 Å². The van der Waals surface area contributed by atoms with Gasteiger partial charge in [-0.25, -0.2) is 0 Å². The smallest absolute Gasteiger partial charge is 0.302 e. The molecule has 3 heteroatoms. The number of rotatable bonds is 2. The molecule has 29 heavy (non-hydrogen) atoms. The number of hydrogen-bond donors (Lipinski definition) is 0. The van der Waals surface area contributed by atoms with E-state index >= 15 is 0 Å². The highest BCUT2D eigenvalue weighted by atomic mass is 16.5. The quantitative estimate of drug-likeness (QED) is 0.457. The van der Waals surface area contributed by atoms with Crippen molar-refractivity contribution in [2.75, 3.05) is 0 Å².